The Bertz CT molecular complexity index is 953. The van der Waals surface area contributed by atoms with Crippen LogP contribution in [0.25, 0.3) is 10.8 Å². The summed E-state index contributed by atoms with van der Waals surface area (Å²) in [6.07, 6.45) is 3.32. The number of carbonyl (C=O) groups is 1. The Hall–Kier alpha value is -2.51. The summed E-state index contributed by atoms with van der Waals surface area (Å²) in [5, 5.41) is 15.4. The molecule has 1 amide bonds. The third-order valence-corrected chi connectivity index (χ3v) is 5.61. The molecule has 1 aromatic carbocycles. The zero-order chi connectivity index (χ0) is 18.8. The van der Waals surface area contributed by atoms with Gasteiger partial charge in [0, 0.05) is 41.5 Å². The first-order chi connectivity index (χ1) is 13.1. The van der Waals surface area contributed by atoms with E-state index in [1.807, 2.05) is 36.6 Å². The standard InChI is InChI=1S/C20H21N3O3S/c1-13-22-15(12-27-13)9-20(25)23-8-6-19(17(24)11-23)26-18-4-2-3-14-10-21-7-5-16(14)18/h2-5,7,10,12,17,19,24H,6,8-9,11H2,1H3/t17-,19-/m1/s1. The number of hydrogen-bond donors (Lipinski definition) is 1. The maximum atomic E-state index is 12.5. The predicted molar refractivity (Wildman–Crippen MR) is 104 cm³/mol. The second kappa shape index (κ2) is 7.62. The van der Waals surface area contributed by atoms with Crippen LogP contribution in [0.15, 0.2) is 42.0 Å². The van der Waals surface area contributed by atoms with E-state index in [4.69, 9.17) is 4.74 Å². The number of aliphatic hydroxyl groups excluding tert-OH is 1. The number of carbonyl (C=O) groups excluding carboxylic acids is 1. The number of ether oxygens (including phenoxy) is 1. The van der Waals surface area contributed by atoms with Gasteiger partial charge in [0.25, 0.3) is 0 Å². The van der Waals surface area contributed by atoms with E-state index in [0.29, 0.717) is 13.0 Å². The van der Waals surface area contributed by atoms with Crippen molar-refractivity contribution in [2.24, 2.45) is 0 Å². The summed E-state index contributed by atoms with van der Waals surface area (Å²) in [6.45, 7) is 2.77. The van der Waals surface area contributed by atoms with E-state index in [1.54, 1.807) is 28.6 Å². The first-order valence-corrected chi connectivity index (χ1v) is 9.84. The number of fused-ring (bicyclic) bond motifs is 1. The molecule has 7 heteroatoms. The number of amides is 1. The van der Waals surface area contributed by atoms with E-state index < -0.39 is 6.10 Å². The van der Waals surface area contributed by atoms with Crippen molar-refractivity contribution >= 4 is 28.0 Å². The highest BCUT2D eigenvalue weighted by molar-refractivity contribution is 7.09. The molecule has 1 aliphatic heterocycles. The first kappa shape index (κ1) is 17.9. The highest BCUT2D eigenvalue weighted by atomic mass is 32.1. The summed E-state index contributed by atoms with van der Waals surface area (Å²) in [5.41, 5.74) is 0.791. The Labute approximate surface area is 161 Å². The quantitative estimate of drug-likeness (QED) is 0.749. The molecule has 3 heterocycles. The molecule has 2 aromatic heterocycles. The molecule has 0 spiro atoms. The third kappa shape index (κ3) is 3.94. The SMILES string of the molecule is Cc1nc(CC(=O)N2CC[C@@H](Oc3cccc4cnccc34)[C@H](O)C2)cs1. The summed E-state index contributed by atoms with van der Waals surface area (Å²) in [5.74, 6) is 0.728. The maximum Gasteiger partial charge on any atom is 0.228 e. The average molecular weight is 383 g/mol. The van der Waals surface area contributed by atoms with Crippen LogP contribution in [0.5, 0.6) is 5.75 Å². The lowest BCUT2D eigenvalue weighted by Gasteiger charge is -2.36. The van der Waals surface area contributed by atoms with E-state index in [-0.39, 0.29) is 25.0 Å². The van der Waals surface area contributed by atoms with Crippen LogP contribution in [0.3, 0.4) is 0 Å². The van der Waals surface area contributed by atoms with Crippen molar-refractivity contribution in [2.45, 2.75) is 32.0 Å². The van der Waals surface area contributed by atoms with Crippen LogP contribution in [-0.2, 0) is 11.2 Å². The van der Waals surface area contributed by atoms with Gasteiger partial charge in [0.2, 0.25) is 5.91 Å². The molecule has 3 aromatic rings. The maximum absolute atomic E-state index is 12.5. The second-order valence-corrected chi connectivity index (χ2v) is 7.80. The molecule has 6 nitrogen and oxygen atoms in total. The molecule has 0 bridgehead atoms. The highest BCUT2D eigenvalue weighted by Crippen LogP contribution is 2.27. The Morgan fingerprint density at radius 3 is 3.07 bits per heavy atom. The highest BCUT2D eigenvalue weighted by Gasteiger charge is 2.32. The fourth-order valence-corrected chi connectivity index (χ4v) is 4.00. The summed E-state index contributed by atoms with van der Waals surface area (Å²) in [4.78, 5) is 22.7. The van der Waals surface area contributed by atoms with Crippen molar-refractivity contribution in [3.05, 3.63) is 52.7 Å². The van der Waals surface area contributed by atoms with Crippen molar-refractivity contribution in [3.63, 3.8) is 0 Å². The largest absolute Gasteiger partial charge is 0.487 e. The van der Waals surface area contributed by atoms with Crippen LogP contribution in [0.1, 0.15) is 17.1 Å². The molecular weight excluding hydrogens is 362 g/mol. The number of piperidine rings is 1. The minimum atomic E-state index is -0.725. The van der Waals surface area contributed by atoms with Gasteiger partial charge in [-0.1, -0.05) is 12.1 Å². The van der Waals surface area contributed by atoms with Gasteiger partial charge in [-0.15, -0.1) is 11.3 Å². The molecule has 0 unspecified atom stereocenters. The zero-order valence-electron chi connectivity index (χ0n) is 15.0. The number of β-amino-alcohol motifs (C(OH)–C–C–N with tert-alkyl or cyclic N) is 1. The molecule has 1 N–H and O–H groups in total. The Balaban J connectivity index is 1.40. The molecule has 0 saturated carbocycles. The minimum Gasteiger partial charge on any atom is -0.487 e. The second-order valence-electron chi connectivity index (χ2n) is 6.74. The lowest BCUT2D eigenvalue weighted by atomic mass is 10.0. The van der Waals surface area contributed by atoms with E-state index in [1.165, 1.54) is 0 Å². The van der Waals surface area contributed by atoms with Crippen LogP contribution >= 0.6 is 11.3 Å². The van der Waals surface area contributed by atoms with E-state index in [0.717, 1.165) is 27.2 Å². The average Bonchev–Trinajstić information content (AvgIpc) is 3.08. The van der Waals surface area contributed by atoms with Crippen LogP contribution < -0.4 is 4.74 Å². The van der Waals surface area contributed by atoms with Gasteiger partial charge >= 0.3 is 0 Å². The molecule has 4 rings (SSSR count). The number of aromatic nitrogens is 2. The van der Waals surface area contributed by atoms with Gasteiger partial charge in [-0.2, -0.15) is 0 Å². The monoisotopic (exact) mass is 383 g/mol. The van der Waals surface area contributed by atoms with Crippen LogP contribution in [0.4, 0.5) is 0 Å². The normalized spacial score (nSPS) is 20.0. The molecule has 140 valence electrons. The summed E-state index contributed by atoms with van der Waals surface area (Å²) >= 11 is 1.54. The number of benzene rings is 1. The zero-order valence-corrected chi connectivity index (χ0v) is 15.9. The number of rotatable bonds is 4. The lowest BCUT2D eigenvalue weighted by molar-refractivity contribution is -0.136. The van der Waals surface area contributed by atoms with E-state index in [2.05, 4.69) is 9.97 Å². The number of thiazole rings is 1. The molecule has 1 fully saturated rings. The molecule has 2 atom stereocenters. The number of likely N-dealkylation sites (tertiary alicyclic amines) is 1. The first-order valence-electron chi connectivity index (χ1n) is 8.96. The number of hydrogen-bond acceptors (Lipinski definition) is 6. The van der Waals surface area contributed by atoms with Crippen molar-refractivity contribution in [1.82, 2.24) is 14.9 Å². The smallest absolute Gasteiger partial charge is 0.228 e. The van der Waals surface area contributed by atoms with Gasteiger partial charge in [-0.25, -0.2) is 4.98 Å². The van der Waals surface area contributed by atoms with Crippen LogP contribution in [0.2, 0.25) is 0 Å². The Morgan fingerprint density at radius 2 is 2.30 bits per heavy atom. The number of nitrogens with zero attached hydrogens (tertiary/aromatic N) is 3. The number of pyridine rings is 1. The predicted octanol–water partition coefficient (Wildman–Crippen LogP) is 2.58. The number of aryl methyl sites for hydroxylation is 1. The Kier molecular flexibility index (Phi) is 5.05. The van der Waals surface area contributed by atoms with Crippen molar-refractivity contribution < 1.29 is 14.6 Å². The third-order valence-electron chi connectivity index (χ3n) is 4.79. The Morgan fingerprint density at radius 1 is 1.41 bits per heavy atom. The molecular formula is C20H21N3O3S. The molecule has 1 aliphatic rings. The molecule has 0 aliphatic carbocycles. The topological polar surface area (TPSA) is 75.6 Å². The molecule has 0 radical (unpaired) electrons. The van der Waals surface area contributed by atoms with Crippen LogP contribution in [0, 0.1) is 6.92 Å². The van der Waals surface area contributed by atoms with Gasteiger partial charge in [-0.3, -0.25) is 9.78 Å². The van der Waals surface area contributed by atoms with Crippen molar-refractivity contribution in [3.8, 4) is 5.75 Å². The van der Waals surface area contributed by atoms with Crippen molar-refractivity contribution in [2.75, 3.05) is 13.1 Å². The van der Waals surface area contributed by atoms with Crippen LogP contribution in [-0.4, -0.2) is 51.2 Å². The summed E-state index contributed by atoms with van der Waals surface area (Å²) in [7, 11) is 0. The summed E-state index contributed by atoms with van der Waals surface area (Å²) < 4.78 is 6.10. The number of aliphatic hydroxyl groups is 1. The van der Waals surface area contributed by atoms with Gasteiger partial charge in [0.15, 0.2) is 0 Å². The van der Waals surface area contributed by atoms with Gasteiger partial charge in [0.05, 0.1) is 23.7 Å². The van der Waals surface area contributed by atoms with E-state index in [9.17, 15) is 9.90 Å². The lowest BCUT2D eigenvalue weighted by Crippen LogP contribution is -2.51. The van der Waals surface area contributed by atoms with Crippen molar-refractivity contribution in [1.29, 1.82) is 0 Å². The fraction of sp³-hybridized carbons (Fsp3) is 0.350. The fourth-order valence-electron chi connectivity index (χ4n) is 3.39. The summed E-state index contributed by atoms with van der Waals surface area (Å²) in [6, 6.07) is 7.70. The minimum absolute atomic E-state index is 0.00552. The molecule has 27 heavy (non-hydrogen) atoms. The van der Waals surface area contributed by atoms with Gasteiger partial charge < -0.3 is 14.7 Å². The van der Waals surface area contributed by atoms with E-state index >= 15 is 0 Å². The van der Waals surface area contributed by atoms with Gasteiger partial charge in [-0.05, 0) is 19.1 Å². The van der Waals surface area contributed by atoms with Gasteiger partial charge in [0.1, 0.15) is 18.0 Å². The molecule has 1 saturated heterocycles.